The lowest BCUT2D eigenvalue weighted by molar-refractivity contribution is -0.127. The van der Waals surface area contributed by atoms with Crippen molar-refractivity contribution in [2.75, 3.05) is 13.2 Å². The summed E-state index contributed by atoms with van der Waals surface area (Å²) in [4.78, 5) is 22.8. The molecule has 0 spiro atoms. The zero-order valence-electron chi connectivity index (χ0n) is 10.3. The third-order valence-electron chi connectivity index (χ3n) is 2.55. The minimum absolute atomic E-state index is 0.00280. The maximum absolute atomic E-state index is 11.5. The molecule has 0 aromatic heterocycles. The fourth-order valence-corrected chi connectivity index (χ4v) is 1.82. The maximum atomic E-state index is 11.5. The Morgan fingerprint density at radius 2 is 2.11 bits per heavy atom. The Morgan fingerprint density at radius 1 is 1.32 bits per heavy atom. The lowest BCUT2D eigenvalue weighted by Crippen LogP contribution is -2.39. The van der Waals surface area contributed by atoms with Gasteiger partial charge in [-0.15, -0.1) is 0 Å². The summed E-state index contributed by atoms with van der Waals surface area (Å²) in [6.07, 6.45) is 2.07. The molecule has 2 N–H and O–H groups in total. The molecule has 5 nitrogen and oxygen atoms in total. The van der Waals surface area contributed by atoms with E-state index in [2.05, 4.69) is 26.6 Å². The van der Waals surface area contributed by atoms with Gasteiger partial charge in [0.15, 0.2) is 6.61 Å². The van der Waals surface area contributed by atoms with Crippen LogP contribution in [0.3, 0.4) is 0 Å². The summed E-state index contributed by atoms with van der Waals surface area (Å²) in [5.74, 6) is 0.135. The molecular weight excluding hydrogens is 312 g/mol. The van der Waals surface area contributed by atoms with Crippen molar-refractivity contribution in [3.63, 3.8) is 0 Å². The number of benzene rings is 1. The quantitative estimate of drug-likeness (QED) is 0.826. The van der Waals surface area contributed by atoms with Gasteiger partial charge < -0.3 is 15.4 Å². The van der Waals surface area contributed by atoms with Crippen LogP contribution in [0.5, 0.6) is 5.75 Å². The number of nitrogens with one attached hydrogen (secondary N) is 2. The minimum atomic E-state index is -0.314. The molecule has 0 heterocycles. The summed E-state index contributed by atoms with van der Waals surface area (Å²) in [5, 5.41) is 5.30. The predicted molar refractivity (Wildman–Crippen MR) is 73.8 cm³/mol. The van der Waals surface area contributed by atoms with Gasteiger partial charge in [-0.25, -0.2) is 0 Å². The van der Waals surface area contributed by atoms with E-state index in [1.54, 1.807) is 12.1 Å². The fourth-order valence-electron chi connectivity index (χ4n) is 1.44. The highest BCUT2D eigenvalue weighted by atomic mass is 79.9. The molecule has 0 aliphatic heterocycles. The summed E-state index contributed by atoms with van der Waals surface area (Å²) in [5.41, 5.74) is 0. The second kappa shape index (κ2) is 6.56. The first kappa shape index (κ1) is 13.9. The first-order valence-corrected chi connectivity index (χ1v) is 6.87. The van der Waals surface area contributed by atoms with Crippen molar-refractivity contribution in [1.29, 1.82) is 0 Å². The number of carbonyl (C=O) groups excluding carboxylic acids is 2. The Hall–Kier alpha value is -1.56. The Balaban J connectivity index is 1.65. The van der Waals surface area contributed by atoms with Crippen LogP contribution in [0.2, 0.25) is 0 Å². The Morgan fingerprint density at radius 3 is 2.79 bits per heavy atom. The minimum Gasteiger partial charge on any atom is -0.484 e. The van der Waals surface area contributed by atoms with Crippen LogP contribution in [-0.2, 0) is 9.59 Å². The van der Waals surface area contributed by atoms with E-state index in [0.717, 1.165) is 17.3 Å². The van der Waals surface area contributed by atoms with E-state index in [1.165, 1.54) is 0 Å². The topological polar surface area (TPSA) is 67.4 Å². The monoisotopic (exact) mass is 326 g/mol. The number of ether oxygens (including phenoxy) is 1. The average Bonchev–Trinajstić information content (AvgIpc) is 3.18. The van der Waals surface area contributed by atoms with Crippen LogP contribution in [-0.4, -0.2) is 31.0 Å². The van der Waals surface area contributed by atoms with Gasteiger partial charge in [0.25, 0.3) is 5.91 Å². The predicted octanol–water partition coefficient (Wildman–Crippen LogP) is 1.22. The first-order valence-electron chi connectivity index (χ1n) is 6.08. The van der Waals surface area contributed by atoms with Crippen LogP contribution in [0.15, 0.2) is 28.7 Å². The van der Waals surface area contributed by atoms with E-state index in [0.29, 0.717) is 11.8 Å². The van der Waals surface area contributed by atoms with Gasteiger partial charge >= 0.3 is 0 Å². The molecule has 0 radical (unpaired) electrons. The van der Waals surface area contributed by atoms with Crippen molar-refractivity contribution in [2.45, 2.75) is 18.9 Å². The van der Waals surface area contributed by atoms with Crippen molar-refractivity contribution in [3.8, 4) is 5.75 Å². The van der Waals surface area contributed by atoms with Crippen LogP contribution < -0.4 is 15.4 Å². The molecule has 6 heteroatoms. The lowest BCUT2D eigenvalue weighted by atomic mass is 10.3. The van der Waals surface area contributed by atoms with Crippen LogP contribution in [0.4, 0.5) is 0 Å². The molecule has 0 saturated heterocycles. The summed E-state index contributed by atoms with van der Waals surface area (Å²) < 4.78 is 6.18. The maximum Gasteiger partial charge on any atom is 0.258 e. The molecule has 1 aliphatic carbocycles. The first-order chi connectivity index (χ1) is 9.13. The van der Waals surface area contributed by atoms with E-state index in [-0.39, 0.29) is 25.0 Å². The summed E-state index contributed by atoms with van der Waals surface area (Å²) >= 11 is 3.31. The van der Waals surface area contributed by atoms with Gasteiger partial charge in [-0.1, -0.05) is 22.0 Å². The van der Waals surface area contributed by atoms with Gasteiger partial charge in [-0.3, -0.25) is 9.59 Å². The van der Waals surface area contributed by atoms with Gasteiger partial charge in [0.05, 0.1) is 6.54 Å². The second-order valence-corrected chi connectivity index (χ2v) is 5.28. The van der Waals surface area contributed by atoms with Crippen molar-refractivity contribution >= 4 is 27.7 Å². The molecular formula is C13H15BrN2O3. The molecule has 1 aliphatic rings. The van der Waals surface area contributed by atoms with Crippen molar-refractivity contribution in [1.82, 2.24) is 10.6 Å². The summed E-state index contributed by atoms with van der Waals surface area (Å²) in [6.45, 7) is -0.107. The highest BCUT2D eigenvalue weighted by Crippen LogP contribution is 2.18. The van der Waals surface area contributed by atoms with Crippen LogP contribution in [0, 0.1) is 0 Å². The Bertz CT molecular complexity index is 475. The largest absolute Gasteiger partial charge is 0.484 e. The zero-order chi connectivity index (χ0) is 13.7. The third kappa shape index (κ3) is 5.30. The van der Waals surface area contributed by atoms with E-state index in [9.17, 15) is 9.59 Å². The molecule has 1 aromatic rings. The van der Waals surface area contributed by atoms with Gasteiger partial charge in [-0.2, -0.15) is 0 Å². The van der Waals surface area contributed by atoms with Crippen molar-refractivity contribution in [2.24, 2.45) is 0 Å². The number of hydrogen-bond donors (Lipinski definition) is 2. The molecule has 2 amide bonds. The molecule has 102 valence electrons. The van der Waals surface area contributed by atoms with E-state index in [1.807, 2.05) is 12.1 Å². The van der Waals surface area contributed by atoms with Gasteiger partial charge in [0.2, 0.25) is 5.91 Å². The third-order valence-corrected chi connectivity index (χ3v) is 3.05. The SMILES string of the molecule is O=C(COc1cccc(Br)c1)NCC(=O)NC1CC1. The average molecular weight is 327 g/mol. The van der Waals surface area contributed by atoms with Crippen LogP contribution in [0.25, 0.3) is 0 Å². The lowest BCUT2D eigenvalue weighted by Gasteiger charge is -2.08. The van der Waals surface area contributed by atoms with Gasteiger partial charge in [-0.05, 0) is 31.0 Å². The standard InChI is InChI=1S/C13H15BrN2O3/c14-9-2-1-3-11(6-9)19-8-13(18)15-7-12(17)16-10-4-5-10/h1-3,6,10H,4-5,7-8H2,(H,15,18)(H,16,17). The smallest absolute Gasteiger partial charge is 0.258 e. The Labute approximate surface area is 119 Å². The van der Waals surface area contributed by atoms with Crippen molar-refractivity contribution < 1.29 is 14.3 Å². The van der Waals surface area contributed by atoms with Gasteiger partial charge in [0, 0.05) is 10.5 Å². The summed E-state index contributed by atoms with van der Waals surface area (Å²) in [6, 6.07) is 7.53. The number of carbonyl (C=O) groups is 2. The highest BCUT2D eigenvalue weighted by molar-refractivity contribution is 9.10. The zero-order valence-corrected chi connectivity index (χ0v) is 11.9. The van der Waals surface area contributed by atoms with Crippen molar-refractivity contribution in [3.05, 3.63) is 28.7 Å². The fraction of sp³-hybridized carbons (Fsp3) is 0.385. The molecule has 2 rings (SSSR count). The van der Waals surface area contributed by atoms with Crippen LogP contribution in [0.1, 0.15) is 12.8 Å². The van der Waals surface area contributed by atoms with Gasteiger partial charge in [0.1, 0.15) is 5.75 Å². The molecule has 1 aromatic carbocycles. The normalized spacial score (nSPS) is 13.7. The molecule has 1 fully saturated rings. The number of halogens is 1. The molecule has 0 atom stereocenters. The molecule has 19 heavy (non-hydrogen) atoms. The number of hydrogen-bond acceptors (Lipinski definition) is 3. The second-order valence-electron chi connectivity index (χ2n) is 4.36. The van der Waals surface area contributed by atoms with E-state index in [4.69, 9.17) is 4.74 Å². The molecule has 0 bridgehead atoms. The number of amides is 2. The van der Waals surface area contributed by atoms with E-state index >= 15 is 0 Å². The highest BCUT2D eigenvalue weighted by Gasteiger charge is 2.23. The number of rotatable bonds is 6. The van der Waals surface area contributed by atoms with E-state index < -0.39 is 0 Å². The molecule has 0 unspecified atom stereocenters. The summed E-state index contributed by atoms with van der Waals surface area (Å²) in [7, 11) is 0. The Kier molecular flexibility index (Phi) is 4.79. The molecule has 1 saturated carbocycles. The van der Waals surface area contributed by atoms with Crippen LogP contribution >= 0.6 is 15.9 Å².